The van der Waals surface area contributed by atoms with E-state index in [0.29, 0.717) is 29.0 Å². The summed E-state index contributed by atoms with van der Waals surface area (Å²) >= 11 is 0. The molecule has 1 nitrogen and oxygen atoms in total. The Morgan fingerprint density at radius 3 is 2.45 bits per heavy atom. The molecule has 0 aliphatic heterocycles. The second kappa shape index (κ2) is 1.88. The summed E-state index contributed by atoms with van der Waals surface area (Å²) in [5.74, 6) is 2.25. The van der Waals surface area contributed by atoms with Gasteiger partial charge in [0.2, 0.25) is 0 Å². The molecule has 1 heteroatoms. The van der Waals surface area contributed by atoms with Crippen LogP contribution in [0.4, 0.5) is 0 Å². The number of carbonyl (C=O) groups is 1. The number of hydrogen-bond donors (Lipinski definition) is 0. The molecule has 2 saturated carbocycles. The van der Waals surface area contributed by atoms with Crippen molar-refractivity contribution in [3.63, 3.8) is 0 Å². The van der Waals surface area contributed by atoms with E-state index in [1.54, 1.807) is 0 Å². The van der Waals surface area contributed by atoms with Crippen LogP contribution in [0, 0.1) is 23.2 Å². The van der Waals surface area contributed by atoms with Crippen molar-refractivity contribution >= 4 is 5.78 Å². The molecule has 0 N–H and O–H groups in total. The van der Waals surface area contributed by atoms with E-state index in [-0.39, 0.29) is 0 Å². The molecule has 2 bridgehead atoms. The Balaban J connectivity index is 2.31. The van der Waals surface area contributed by atoms with E-state index in [0.717, 1.165) is 6.42 Å². The summed E-state index contributed by atoms with van der Waals surface area (Å²) in [5.41, 5.74) is 0.429. The summed E-state index contributed by atoms with van der Waals surface area (Å²) in [7, 11) is 0. The second-order valence-electron chi connectivity index (χ2n) is 4.82. The summed E-state index contributed by atoms with van der Waals surface area (Å²) in [6, 6.07) is 0. The fourth-order valence-electron chi connectivity index (χ4n) is 2.86. The highest BCUT2D eigenvalue weighted by atomic mass is 16.1. The van der Waals surface area contributed by atoms with Crippen molar-refractivity contribution in [2.75, 3.05) is 0 Å². The zero-order valence-corrected chi connectivity index (χ0v) is 7.55. The van der Waals surface area contributed by atoms with Gasteiger partial charge in [-0.3, -0.25) is 4.79 Å². The minimum Gasteiger partial charge on any atom is -0.299 e. The number of ketones is 1. The van der Waals surface area contributed by atoms with E-state index >= 15 is 0 Å². The van der Waals surface area contributed by atoms with Crippen LogP contribution in [0.1, 0.15) is 33.6 Å². The Labute approximate surface area is 68.2 Å². The first kappa shape index (κ1) is 7.33. The number of fused-ring (bicyclic) bond motifs is 2. The normalized spacial score (nSPS) is 46.8. The van der Waals surface area contributed by atoms with Gasteiger partial charge in [-0.05, 0) is 23.7 Å². The monoisotopic (exact) mass is 152 g/mol. The Hall–Kier alpha value is -0.330. The Morgan fingerprint density at radius 2 is 2.09 bits per heavy atom. The zero-order chi connectivity index (χ0) is 8.22. The molecule has 0 unspecified atom stereocenters. The first-order chi connectivity index (χ1) is 5.03. The van der Waals surface area contributed by atoms with E-state index in [1.807, 2.05) is 0 Å². The van der Waals surface area contributed by atoms with Gasteiger partial charge in [0.05, 0.1) is 0 Å². The number of carbonyl (C=O) groups excluding carboxylic acids is 1. The summed E-state index contributed by atoms with van der Waals surface area (Å²) in [5, 5.41) is 0. The minimum absolute atomic E-state index is 0.412. The Kier molecular flexibility index (Phi) is 1.25. The van der Waals surface area contributed by atoms with Crippen LogP contribution in [0.3, 0.4) is 0 Å². The summed E-state index contributed by atoms with van der Waals surface area (Å²) in [4.78, 5) is 11.3. The van der Waals surface area contributed by atoms with Crippen LogP contribution in [0.5, 0.6) is 0 Å². The van der Waals surface area contributed by atoms with Gasteiger partial charge in [0, 0.05) is 12.3 Å². The van der Waals surface area contributed by atoms with Crippen LogP contribution in [0.15, 0.2) is 0 Å². The molecule has 0 aromatic heterocycles. The van der Waals surface area contributed by atoms with Gasteiger partial charge in [-0.25, -0.2) is 0 Å². The fraction of sp³-hybridized carbons (Fsp3) is 0.900. The molecule has 0 aromatic rings. The molecule has 62 valence electrons. The average Bonchev–Trinajstić information content (AvgIpc) is 2.36. The third-order valence-electron chi connectivity index (χ3n) is 4.23. The quantitative estimate of drug-likeness (QED) is 0.520. The van der Waals surface area contributed by atoms with Crippen LogP contribution in [0.25, 0.3) is 0 Å². The smallest absolute Gasteiger partial charge is 0.136 e. The molecule has 0 spiro atoms. The van der Waals surface area contributed by atoms with Gasteiger partial charge in [0.25, 0.3) is 0 Å². The molecule has 2 fully saturated rings. The highest BCUT2D eigenvalue weighted by molar-refractivity contribution is 5.85. The van der Waals surface area contributed by atoms with Crippen molar-refractivity contribution in [1.29, 1.82) is 0 Å². The molecule has 0 amide bonds. The highest BCUT2D eigenvalue weighted by Crippen LogP contribution is 2.57. The minimum atomic E-state index is 0.412. The maximum absolute atomic E-state index is 11.3. The van der Waals surface area contributed by atoms with Crippen molar-refractivity contribution in [3.8, 4) is 0 Å². The largest absolute Gasteiger partial charge is 0.299 e. The van der Waals surface area contributed by atoms with Crippen molar-refractivity contribution in [3.05, 3.63) is 0 Å². The highest BCUT2D eigenvalue weighted by Gasteiger charge is 2.54. The van der Waals surface area contributed by atoms with E-state index in [2.05, 4.69) is 20.8 Å². The maximum atomic E-state index is 11.3. The second-order valence-corrected chi connectivity index (χ2v) is 4.82. The van der Waals surface area contributed by atoms with Gasteiger partial charge in [-0.2, -0.15) is 0 Å². The molecule has 0 heterocycles. The lowest BCUT2D eigenvalue weighted by atomic mass is 9.69. The Morgan fingerprint density at radius 1 is 1.45 bits per heavy atom. The van der Waals surface area contributed by atoms with Crippen LogP contribution in [0.2, 0.25) is 0 Å². The maximum Gasteiger partial charge on any atom is 0.136 e. The Bertz CT molecular complexity index is 201. The molecule has 0 radical (unpaired) electrons. The molecule has 3 atom stereocenters. The summed E-state index contributed by atoms with van der Waals surface area (Å²) < 4.78 is 0. The predicted molar refractivity (Wildman–Crippen MR) is 44.2 cm³/mol. The van der Waals surface area contributed by atoms with E-state index in [1.165, 1.54) is 6.42 Å². The van der Waals surface area contributed by atoms with E-state index in [4.69, 9.17) is 0 Å². The molecule has 11 heavy (non-hydrogen) atoms. The number of hydrogen-bond acceptors (Lipinski definition) is 1. The third-order valence-corrected chi connectivity index (χ3v) is 4.23. The average molecular weight is 152 g/mol. The molecule has 2 aliphatic carbocycles. The molecule has 2 aliphatic rings. The summed E-state index contributed by atoms with van der Waals surface area (Å²) in [6.45, 7) is 6.87. The molecule has 0 aromatic carbocycles. The summed E-state index contributed by atoms with van der Waals surface area (Å²) in [6.07, 6.45) is 2.04. The topological polar surface area (TPSA) is 17.1 Å². The molecule has 0 saturated heterocycles. The SMILES string of the molecule is C[C@@H]1[C@H]2C[C@@H](CC2=O)C1(C)C. The van der Waals surface area contributed by atoms with E-state index < -0.39 is 0 Å². The molecular formula is C10H16O. The molecule has 2 rings (SSSR count). The van der Waals surface area contributed by atoms with Gasteiger partial charge in [0.15, 0.2) is 0 Å². The standard InChI is InChI=1S/C10H16O/c1-6-8-4-7(5-9(8)11)10(6,2)3/h6-8H,4-5H2,1-3H3/t6-,7+,8-/m1/s1. The van der Waals surface area contributed by atoms with Crippen molar-refractivity contribution < 1.29 is 4.79 Å². The lowest BCUT2D eigenvalue weighted by molar-refractivity contribution is -0.125. The van der Waals surface area contributed by atoms with Gasteiger partial charge >= 0.3 is 0 Å². The number of rotatable bonds is 0. The number of Topliss-reactive ketones (excluding diaryl/α,β-unsaturated/α-hetero) is 1. The first-order valence-corrected chi connectivity index (χ1v) is 4.56. The van der Waals surface area contributed by atoms with Crippen LogP contribution >= 0.6 is 0 Å². The van der Waals surface area contributed by atoms with Crippen molar-refractivity contribution in [2.24, 2.45) is 23.2 Å². The third kappa shape index (κ3) is 0.743. The molecular weight excluding hydrogens is 136 g/mol. The van der Waals surface area contributed by atoms with Crippen molar-refractivity contribution in [2.45, 2.75) is 33.6 Å². The van der Waals surface area contributed by atoms with Crippen LogP contribution in [-0.2, 0) is 4.79 Å². The van der Waals surface area contributed by atoms with Gasteiger partial charge in [0.1, 0.15) is 5.78 Å². The van der Waals surface area contributed by atoms with Gasteiger partial charge in [-0.15, -0.1) is 0 Å². The van der Waals surface area contributed by atoms with Crippen molar-refractivity contribution in [1.82, 2.24) is 0 Å². The zero-order valence-electron chi connectivity index (χ0n) is 7.55. The van der Waals surface area contributed by atoms with Gasteiger partial charge < -0.3 is 0 Å². The lowest BCUT2D eigenvalue weighted by Gasteiger charge is -2.35. The van der Waals surface area contributed by atoms with Gasteiger partial charge in [-0.1, -0.05) is 20.8 Å². The fourth-order valence-corrected chi connectivity index (χ4v) is 2.86. The van der Waals surface area contributed by atoms with Crippen LogP contribution in [-0.4, -0.2) is 5.78 Å². The lowest BCUT2D eigenvalue weighted by Crippen LogP contribution is -2.32. The predicted octanol–water partition coefficient (Wildman–Crippen LogP) is 2.26. The van der Waals surface area contributed by atoms with Crippen LogP contribution < -0.4 is 0 Å². The van der Waals surface area contributed by atoms with E-state index in [9.17, 15) is 4.79 Å². The first-order valence-electron chi connectivity index (χ1n) is 4.56.